The lowest BCUT2D eigenvalue weighted by Crippen LogP contribution is -2.34. The first-order valence-electron chi connectivity index (χ1n) is 12.8. The maximum Gasteiger partial charge on any atom is 0.227 e. The molecular weight excluding hydrogens is 456 g/mol. The zero-order valence-corrected chi connectivity index (χ0v) is 23.0. The van der Waals surface area contributed by atoms with Gasteiger partial charge in [-0.1, -0.05) is 13.8 Å². The second kappa shape index (κ2) is 12.9. The van der Waals surface area contributed by atoms with Crippen molar-refractivity contribution in [1.29, 1.82) is 0 Å². The van der Waals surface area contributed by atoms with Crippen LogP contribution >= 0.6 is 0 Å². The number of carbonyl (C=O) groups excluding carboxylic acids is 1. The SMILES string of the molecule is CCN(C)CCCN1CCc2cc(OC)c(OC)cc2CC1=O.COc1cc2c(cc1OC)C(C)C2. The van der Waals surface area contributed by atoms with E-state index in [4.69, 9.17) is 18.9 Å². The van der Waals surface area contributed by atoms with Crippen molar-refractivity contribution >= 4 is 5.91 Å². The third-order valence-corrected chi connectivity index (χ3v) is 7.26. The van der Waals surface area contributed by atoms with Gasteiger partial charge in [-0.15, -0.1) is 0 Å². The molecule has 0 radical (unpaired) electrons. The Bertz CT molecular complexity index is 1040. The zero-order valence-electron chi connectivity index (χ0n) is 23.0. The summed E-state index contributed by atoms with van der Waals surface area (Å²) in [5.74, 6) is 3.99. The van der Waals surface area contributed by atoms with Gasteiger partial charge in [-0.2, -0.15) is 0 Å². The number of nitrogens with zero attached hydrogens (tertiary/aromatic N) is 2. The summed E-state index contributed by atoms with van der Waals surface area (Å²) >= 11 is 0. The number of hydrogen-bond donors (Lipinski definition) is 0. The van der Waals surface area contributed by atoms with E-state index in [1.165, 1.54) is 16.7 Å². The Morgan fingerprint density at radius 2 is 1.44 bits per heavy atom. The van der Waals surface area contributed by atoms with Crippen LogP contribution in [0.25, 0.3) is 0 Å². The summed E-state index contributed by atoms with van der Waals surface area (Å²) < 4.78 is 21.2. The molecule has 198 valence electrons. The molecule has 1 aliphatic carbocycles. The fraction of sp³-hybridized carbons (Fsp3) is 0.552. The van der Waals surface area contributed by atoms with Crippen LogP contribution in [0.3, 0.4) is 0 Å². The summed E-state index contributed by atoms with van der Waals surface area (Å²) in [4.78, 5) is 16.8. The predicted octanol–water partition coefficient (Wildman–Crippen LogP) is 4.34. The minimum atomic E-state index is 0.204. The molecule has 0 saturated carbocycles. The van der Waals surface area contributed by atoms with E-state index in [1.807, 2.05) is 17.0 Å². The lowest BCUT2D eigenvalue weighted by Gasteiger charge is -2.28. The largest absolute Gasteiger partial charge is 0.493 e. The average Bonchev–Trinajstić information content (AvgIpc) is 3.04. The van der Waals surface area contributed by atoms with E-state index >= 15 is 0 Å². The lowest BCUT2D eigenvalue weighted by molar-refractivity contribution is -0.130. The molecule has 1 atom stereocenters. The molecule has 0 bridgehead atoms. The molecule has 2 aromatic carbocycles. The van der Waals surface area contributed by atoms with Gasteiger partial charge in [0.2, 0.25) is 5.91 Å². The van der Waals surface area contributed by atoms with Gasteiger partial charge in [0.15, 0.2) is 23.0 Å². The molecular formula is C29H42N2O5. The second-order valence-corrected chi connectivity index (χ2v) is 9.54. The Hall–Kier alpha value is -2.93. The number of hydrogen-bond acceptors (Lipinski definition) is 6. The number of fused-ring (bicyclic) bond motifs is 2. The van der Waals surface area contributed by atoms with Gasteiger partial charge in [-0.3, -0.25) is 4.79 Å². The van der Waals surface area contributed by atoms with E-state index in [0.29, 0.717) is 18.1 Å². The smallest absolute Gasteiger partial charge is 0.227 e. The molecule has 7 nitrogen and oxygen atoms in total. The summed E-state index contributed by atoms with van der Waals surface area (Å²) in [7, 11) is 8.72. The Morgan fingerprint density at radius 1 is 0.889 bits per heavy atom. The van der Waals surface area contributed by atoms with Crippen molar-refractivity contribution in [3.05, 3.63) is 46.5 Å². The third kappa shape index (κ3) is 6.44. The molecule has 36 heavy (non-hydrogen) atoms. The summed E-state index contributed by atoms with van der Waals surface area (Å²) in [6, 6.07) is 8.12. The van der Waals surface area contributed by atoms with E-state index in [0.717, 1.165) is 68.3 Å². The number of amides is 1. The van der Waals surface area contributed by atoms with Crippen LogP contribution in [0.2, 0.25) is 0 Å². The Morgan fingerprint density at radius 3 is 2.00 bits per heavy atom. The summed E-state index contributed by atoms with van der Waals surface area (Å²) in [6.45, 7) is 8.04. The summed E-state index contributed by atoms with van der Waals surface area (Å²) in [6.07, 6.45) is 3.49. The Kier molecular flexibility index (Phi) is 9.88. The molecule has 2 aliphatic rings. The molecule has 7 heteroatoms. The number of benzene rings is 2. The van der Waals surface area contributed by atoms with Gasteiger partial charge >= 0.3 is 0 Å². The van der Waals surface area contributed by atoms with Crippen molar-refractivity contribution in [2.24, 2.45) is 0 Å². The first kappa shape index (κ1) is 27.7. The van der Waals surface area contributed by atoms with Gasteiger partial charge in [0.25, 0.3) is 0 Å². The molecule has 0 fully saturated rings. The molecule has 4 rings (SSSR count). The van der Waals surface area contributed by atoms with Gasteiger partial charge in [0.1, 0.15) is 0 Å². The van der Waals surface area contributed by atoms with Crippen LogP contribution in [0.4, 0.5) is 0 Å². The van der Waals surface area contributed by atoms with Crippen molar-refractivity contribution in [2.75, 3.05) is 61.7 Å². The molecule has 0 spiro atoms. The van der Waals surface area contributed by atoms with Crippen molar-refractivity contribution < 1.29 is 23.7 Å². The van der Waals surface area contributed by atoms with E-state index in [1.54, 1.807) is 28.4 Å². The van der Waals surface area contributed by atoms with Gasteiger partial charge in [-0.05, 0) is 91.8 Å². The zero-order chi connectivity index (χ0) is 26.2. The van der Waals surface area contributed by atoms with Crippen molar-refractivity contribution in [2.45, 2.75) is 45.4 Å². The highest BCUT2D eigenvalue weighted by Gasteiger charge is 2.25. The molecule has 1 aliphatic heterocycles. The first-order chi connectivity index (χ1) is 17.3. The van der Waals surface area contributed by atoms with Crippen LogP contribution in [-0.2, 0) is 24.1 Å². The van der Waals surface area contributed by atoms with Crippen LogP contribution < -0.4 is 18.9 Å². The van der Waals surface area contributed by atoms with Crippen LogP contribution in [-0.4, -0.2) is 77.4 Å². The average molecular weight is 499 g/mol. The topological polar surface area (TPSA) is 60.5 Å². The number of ether oxygens (including phenoxy) is 4. The highest BCUT2D eigenvalue weighted by Crippen LogP contribution is 2.41. The first-order valence-corrected chi connectivity index (χ1v) is 12.8. The Balaban J connectivity index is 0.000000233. The molecule has 1 unspecified atom stereocenters. The van der Waals surface area contributed by atoms with Gasteiger partial charge < -0.3 is 28.7 Å². The minimum Gasteiger partial charge on any atom is -0.493 e. The second-order valence-electron chi connectivity index (χ2n) is 9.54. The molecule has 2 aromatic rings. The minimum absolute atomic E-state index is 0.204. The van der Waals surface area contributed by atoms with Crippen molar-refractivity contribution in [1.82, 2.24) is 9.80 Å². The van der Waals surface area contributed by atoms with Gasteiger partial charge in [-0.25, -0.2) is 0 Å². The maximum absolute atomic E-state index is 12.5. The summed E-state index contributed by atoms with van der Waals surface area (Å²) in [5.41, 5.74) is 5.04. The van der Waals surface area contributed by atoms with Crippen LogP contribution in [0.1, 0.15) is 48.4 Å². The molecule has 1 heterocycles. The number of carbonyl (C=O) groups is 1. The molecule has 0 aromatic heterocycles. The predicted molar refractivity (Wildman–Crippen MR) is 143 cm³/mol. The van der Waals surface area contributed by atoms with Gasteiger partial charge in [0.05, 0.1) is 34.9 Å². The van der Waals surface area contributed by atoms with Crippen LogP contribution in [0.5, 0.6) is 23.0 Å². The standard InChI is InChI=1S/C18H28N2O3.C11H14O2/c1-5-19(2)8-6-9-20-10-7-14-11-16(22-3)17(23-4)12-15(14)13-18(20)21;1-7-4-8-5-10(12-2)11(13-3)6-9(7)8/h11-12H,5-10,13H2,1-4H3;5-7H,4H2,1-3H3. The van der Waals surface area contributed by atoms with E-state index < -0.39 is 0 Å². The van der Waals surface area contributed by atoms with Crippen molar-refractivity contribution in [3.63, 3.8) is 0 Å². The highest BCUT2D eigenvalue weighted by atomic mass is 16.5. The van der Waals surface area contributed by atoms with Crippen molar-refractivity contribution in [3.8, 4) is 23.0 Å². The maximum atomic E-state index is 12.5. The Labute approximate surface area is 216 Å². The van der Waals surface area contributed by atoms with E-state index in [2.05, 4.69) is 37.9 Å². The van der Waals surface area contributed by atoms with Gasteiger partial charge in [0, 0.05) is 13.1 Å². The number of rotatable bonds is 9. The summed E-state index contributed by atoms with van der Waals surface area (Å²) in [5, 5.41) is 0. The highest BCUT2D eigenvalue weighted by molar-refractivity contribution is 5.80. The van der Waals surface area contributed by atoms with E-state index in [9.17, 15) is 4.79 Å². The fourth-order valence-electron chi connectivity index (χ4n) is 4.82. The molecule has 0 saturated heterocycles. The molecule has 0 N–H and O–H groups in total. The third-order valence-electron chi connectivity index (χ3n) is 7.26. The van der Waals surface area contributed by atoms with Crippen LogP contribution in [0, 0.1) is 0 Å². The molecule has 1 amide bonds. The normalized spacial score (nSPS) is 16.2. The quantitative estimate of drug-likeness (QED) is 0.513. The number of methoxy groups -OCH3 is 4. The fourth-order valence-corrected chi connectivity index (χ4v) is 4.82. The lowest BCUT2D eigenvalue weighted by atomic mass is 9.78. The monoisotopic (exact) mass is 498 g/mol. The van der Waals surface area contributed by atoms with E-state index in [-0.39, 0.29) is 5.91 Å². The van der Waals surface area contributed by atoms with Crippen LogP contribution in [0.15, 0.2) is 24.3 Å².